The number of piperidine rings is 1. The molecule has 1 saturated heterocycles. The van der Waals surface area contributed by atoms with Crippen LogP contribution in [0.4, 0.5) is 0 Å². The number of hydrogen-bond donors (Lipinski definition) is 0. The quantitative estimate of drug-likeness (QED) is 0.654. The van der Waals surface area contributed by atoms with Gasteiger partial charge in [-0.15, -0.1) is 0 Å². The minimum Gasteiger partial charge on any atom is -0.298 e. The van der Waals surface area contributed by atoms with E-state index in [0.29, 0.717) is 11.0 Å². The van der Waals surface area contributed by atoms with Crippen LogP contribution in [0.5, 0.6) is 0 Å². The van der Waals surface area contributed by atoms with E-state index >= 15 is 0 Å². The summed E-state index contributed by atoms with van der Waals surface area (Å²) in [5, 5.41) is 0. The van der Waals surface area contributed by atoms with E-state index in [1.807, 2.05) is 13.8 Å². The van der Waals surface area contributed by atoms with E-state index < -0.39 is 0 Å². The van der Waals surface area contributed by atoms with Crippen molar-refractivity contribution in [2.45, 2.75) is 86.6 Å². The number of likely N-dealkylation sites (tertiary alicyclic amines) is 1. The summed E-state index contributed by atoms with van der Waals surface area (Å²) in [5.41, 5.74) is 0.948. The van der Waals surface area contributed by atoms with Crippen molar-refractivity contribution in [1.82, 2.24) is 4.90 Å². The second-order valence-corrected chi connectivity index (χ2v) is 6.77. The highest BCUT2D eigenvalue weighted by Gasteiger charge is 2.34. The van der Waals surface area contributed by atoms with Crippen LogP contribution in [-0.4, -0.2) is 23.5 Å². The molecular weight excluding hydrogens is 218 g/mol. The summed E-state index contributed by atoms with van der Waals surface area (Å²) >= 11 is 0. The van der Waals surface area contributed by atoms with Crippen LogP contribution in [0, 0.1) is 11.3 Å². The van der Waals surface area contributed by atoms with Crippen molar-refractivity contribution in [3.63, 3.8) is 0 Å². The Morgan fingerprint density at radius 3 is 1.67 bits per heavy atom. The molecule has 0 aromatic heterocycles. The number of rotatable bonds is 4. The molecule has 0 atom stereocenters. The highest BCUT2D eigenvalue weighted by molar-refractivity contribution is 4.88. The van der Waals surface area contributed by atoms with Gasteiger partial charge in [-0.2, -0.15) is 0 Å². The summed E-state index contributed by atoms with van der Waals surface area (Å²) in [6, 6.07) is 0. The smallest absolute Gasteiger partial charge is 0.0150 e. The van der Waals surface area contributed by atoms with Crippen LogP contribution >= 0.6 is 0 Å². The maximum Gasteiger partial charge on any atom is 0.0150 e. The Bertz CT molecular complexity index is 186. The topological polar surface area (TPSA) is 3.24 Å². The fraction of sp³-hybridized carbons (Fsp3) is 1.00. The highest BCUT2D eigenvalue weighted by Crippen LogP contribution is 2.39. The van der Waals surface area contributed by atoms with E-state index in [2.05, 4.69) is 46.4 Å². The van der Waals surface area contributed by atoms with E-state index in [1.54, 1.807) is 0 Å². The first-order valence-electron chi connectivity index (χ1n) is 8.08. The lowest BCUT2D eigenvalue weighted by Crippen LogP contribution is -2.49. The first-order valence-corrected chi connectivity index (χ1v) is 8.08. The van der Waals surface area contributed by atoms with E-state index in [-0.39, 0.29) is 0 Å². The van der Waals surface area contributed by atoms with Crippen molar-refractivity contribution in [3.05, 3.63) is 0 Å². The molecule has 0 bridgehead atoms. The van der Waals surface area contributed by atoms with Crippen molar-refractivity contribution in [3.8, 4) is 0 Å². The van der Waals surface area contributed by atoms with Gasteiger partial charge in [-0.25, -0.2) is 0 Å². The Kier molecular flexibility index (Phi) is 7.51. The van der Waals surface area contributed by atoms with E-state index in [9.17, 15) is 0 Å². The maximum atomic E-state index is 2.69. The molecule has 1 aliphatic rings. The molecular formula is C17H37N. The molecule has 1 fully saturated rings. The average Bonchev–Trinajstić information content (AvgIpc) is 2.41. The Morgan fingerprint density at radius 1 is 0.889 bits per heavy atom. The summed E-state index contributed by atoms with van der Waals surface area (Å²) in [7, 11) is 0. The predicted octanol–water partition coefficient (Wildman–Crippen LogP) is 5.35. The second-order valence-electron chi connectivity index (χ2n) is 6.77. The second kappa shape index (κ2) is 7.53. The summed E-state index contributed by atoms with van der Waals surface area (Å²) < 4.78 is 0. The Hall–Kier alpha value is -0.0400. The average molecular weight is 255 g/mol. The van der Waals surface area contributed by atoms with Crippen molar-refractivity contribution < 1.29 is 0 Å². The molecule has 1 nitrogen and oxygen atoms in total. The molecule has 0 saturated carbocycles. The zero-order valence-electron chi connectivity index (χ0n) is 14.3. The molecule has 1 aliphatic heterocycles. The van der Waals surface area contributed by atoms with Gasteiger partial charge in [0.2, 0.25) is 0 Å². The fourth-order valence-electron chi connectivity index (χ4n) is 2.78. The molecule has 0 aliphatic carbocycles. The molecule has 0 N–H and O–H groups in total. The van der Waals surface area contributed by atoms with Crippen molar-refractivity contribution in [2.75, 3.05) is 13.1 Å². The summed E-state index contributed by atoms with van der Waals surface area (Å²) in [4.78, 5) is 2.69. The lowest BCUT2D eigenvalue weighted by molar-refractivity contribution is 0.0357. The van der Waals surface area contributed by atoms with Gasteiger partial charge in [-0.05, 0) is 57.5 Å². The molecule has 1 heteroatoms. The molecule has 18 heavy (non-hydrogen) atoms. The minimum absolute atomic E-state index is 0.404. The summed E-state index contributed by atoms with van der Waals surface area (Å²) in [6.45, 7) is 20.9. The number of hydrogen-bond acceptors (Lipinski definition) is 1. The molecule has 1 rings (SSSR count). The van der Waals surface area contributed by atoms with Crippen LogP contribution < -0.4 is 0 Å². The standard InChI is InChI=1S/C15H31N.C2H6/c1-7-14(3,4)13-9-11-16(12-10-13)15(5,6)8-2;1-2/h13H,7-12H2,1-6H3;1-2H3. The molecule has 0 unspecified atom stereocenters. The Balaban J connectivity index is 0.00000137. The minimum atomic E-state index is 0.404. The fourth-order valence-corrected chi connectivity index (χ4v) is 2.78. The van der Waals surface area contributed by atoms with Crippen LogP contribution in [0.2, 0.25) is 0 Å². The Labute approximate surface area is 116 Å². The van der Waals surface area contributed by atoms with Gasteiger partial charge in [-0.1, -0.05) is 48.0 Å². The third-order valence-corrected chi connectivity index (χ3v) is 5.23. The lowest BCUT2D eigenvalue weighted by Gasteiger charge is -2.46. The van der Waals surface area contributed by atoms with E-state index in [1.165, 1.54) is 38.8 Å². The van der Waals surface area contributed by atoms with Gasteiger partial charge in [0.05, 0.1) is 0 Å². The van der Waals surface area contributed by atoms with Crippen LogP contribution in [0.3, 0.4) is 0 Å². The van der Waals surface area contributed by atoms with Gasteiger partial charge in [0, 0.05) is 5.54 Å². The zero-order valence-corrected chi connectivity index (χ0v) is 14.3. The van der Waals surface area contributed by atoms with E-state index in [4.69, 9.17) is 0 Å². The van der Waals surface area contributed by atoms with Gasteiger partial charge in [0.25, 0.3) is 0 Å². The van der Waals surface area contributed by atoms with Crippen molar-refractivity contribution in [2.24, 2.45) is 11.3 Å². The molecule has 0 amide bonds. The molecule has 0 spiro atoms. The van der Waals surface area contributed by atoms with Crippen LogP contribution in [0.1, 0.15) is 81.1 Å². The first-order chi connectivity index (χ1) is 8.33. The van der Waals surface area contributed by atoms with Crippen molar-refractivity contribution in [1.29, 1.82) is 0 Å². The third-order valence-electron chi connectivity index (χ3n) is 5.23. The van der Waals surface area contributed by atoms with Crippen LogP contribution in [-0.2, 0) is 0 Å². The zero-order chi connectivity index (χ0) is 14.4. The summed E-state index contributed by atoms with van der Waals surface area (Å²) in [5.74, 6) is 0.932. The monoisotopic (exact) mass is 255 g/mol. The number of nitrogens with zero attached hydrogens (tertiary/aromatic N) is 1. The maximum absolute atomic E-state index is 2.69. The van der Waals surface area contributed by atoms with Gasteiger partial charge in [0.1, 0.15) is 0 Å². The molecule has 0 radical (unpaired) electrons. The molecule has 1 heterocycles. The lowest BCUT2D eigenvalue weighted by atomic mass is 9.71. The van der Waals surface area contributed by atoms with Crippen molar-refractivity contribution >= 4 is 0 Å². The third kappa shape index (κ3) is 4.57. The Morgan fingerprint density at radius 2 is 1.33 bits per heavy atom. The van der Waals surface area contributed by atoms with Gasteiger partial charge in [-0.3, -0.25) is 4.90 Å². The van der Waals surface area contributed by atoms with Crippen LogP contribution in [0.15, 0.2) is 0 Å². The largest absolute Gasteiger partial charge is 0.298 e. The molecule has 110 valence electrons. The normalized spacial score (nSPS) is 19.3. The predicted molar refractivity (Wildman–Crippen MR) is 84.1 cm³/mol. The molecule has 0 aromatic carbocycles. The van der Waals surface area contributed by atoms with Gasteiger partial charge in [0.15, 0.2) is 0 Å². The van der Waals surface area contributed by atoms with E-state index in [0.717, 1.165) is 5.92 Å². The summed E-state index contributed by atoms with van der Waals surface area (Å²) in [6.07, 6.45) is 5.36. The first kappa shape index (κ1) is 18.0. The molecule has 0 aromatic rings. The van der Waals surface area contributed by atoms with Gasteiger partial charge >= 0.3 is 0 Å². The van der Waals surface area contributed by atoms with Crippen LogP contribution in [0.25, 0.3) is 0 Å². The SMILES string of the molecule is CC.CCC(C)(C)C1CCN(C(C)(C)CC)CC1. The highest BCUT2D eigenvalue weighted by atomic mass is 15.2. The van der Waals surface area contributed by atoms with Gasteiger partial charge < -0.3 is 0 Å².